The van der Waals surface area contributed by atoms with Crippen LogP contribution in [0.2, 0.25) is 0 Å². The lowest BCUT2D eigenvalue weighted by atomic mass is 10.3. The topological polar surface area (TPSA) is 0 Å². The van der Waals surface area contributed by atoms with E-state index in [1.807, 2.05) is 34.7 Å². The Morgan fingerprint density at radius 2 is 2.11 bits per heavy atom. The molecule has 0 nitrogen and oxygen atoms in total. The predicted molar refractivity (Wildman–Crippen MR) is 48.7 cm³/mol. The number of benzene rings is 1. The van der Waals surface area contributed by atoms with Gasteiger partial charge in [0.2, 0.25) is 0 Å². The van der Waals surface area contributed by atoms with Gasteiger partial charge >= 0.3 is 0 Å². The van der Waals surface area contributed by atoms with Crippen LogP contribution in [-0.4, -0.2) is 10.2 Å². The zero-order valence-corrected chi connectivity index (χ0v) is 9.15. The summed E-state index contributed by atoms with van der Waals surface area (Å²) in [6.45, 7) is 0. The molecule has 0 bridgehead atoms. The van der Waals surface area contributed by atoms with Gasteiger partial charge in [0.1, 0.15) is 5.82 Å². The highest BCUT2D eigenvalue weighted by molar-refractivity contribution is 14.1. The van der Waals surface area contributed by atoms with Crippen molar-refractivity contribution in [3.05, 3.63) is 27.6 Å². The van der Waals surface area contributed by atoms with E-state index in [4.69, 9.17) is 0 Å². The maximum Gasteiger partial charge on any atom is 0.136 e. The number of hydrogen-bond donors (Lipinski definition) is 0. The van der Waals surface area contributed by atoms with Crippen molar-refractivity contribution < 1.29 is 4.39 Å². The van der Waals surface area contributed by atoms with E-state index in [2.05, 4.69) is 0 Å². The second-order valence-corrected chi connectivity index (χ2v) is 4.23. The summed E-state index contributed by atoms with van der Waals surface area (Å²) in [5, 5.41) is 1.24. The summed E-state index contributed by atoms with van der Waals surface area (Å²) in [6, 6.07) is 5.22. The van der Waals surface area contributed by atoms with Crippen molar-refractivity contribution in [3.63, 3.8) is 0 Å². The molecular weight excluding hydrogens is 246 g/mol. The van der Waals surface area contributed by atoms with Crippen LogP contribution in [0.1, 0.15) is 0 Å². The molecular formula is C6H6FISi. The Kier molecular flexibility index (Phi) is 2.23. The van der Waals surface area contributed by atoms with Crippen molar-refractivity contribution >= 4 is 38.0 Å². The van der Waals surface area contributed by atoms with Crippen molar-refractivity contribution in [2.24, 2.45) is 0 Å². The minimum absolute atomic E-state index is 0.116. The Balaban J connectivity index is 3.17. The molecule has 0 atom stereocenters. The second-order valence-electron chi connectivity index (χ2n) is 1.92. The third kappa shape index (κ3) is 1.75. The van der Waals surface area contributed by atoms with Gasteiger partial charge in [-0.25, -0.2) is 4.39 Å². The Morgan fingerprint density at radius 1 is 1.44 bits per heavy atom. The molecule has 1 aromatic carbocycles. The first-order chi connectivity index (χ1) is 4.20. The van der Waals surface area contributed by atoms with Crippen LogP contribution in [0.4, 0.5) is 4.39 Å². The van der Waals surface area contributed by atoms with Crippen LogP contribution in [0.15, 0.2) is 18.2 Å². The monoisotopic (exact) mass is 252 g/mol. The fraction of sp³-hybridized carbons (Fsp3) is 0. The highest BCUT2D eigenvalue weighted by atomic mass is 127. The molecule has 0 heterocycles. The molecule has 0 aliphatic rings. The van der Waals surface area contributed by atoms with Gasteiger partial charge in [-0.2, -0.15) is 0 Å². The van der Waals surface area contributed by atoms with Gasteiger partial charge in [-0.15, -0.1) is 0 Å². The smallest absolute Gasteiger partial charge is 0.136 e. The second kappa shape index (κ2) is 2.79. The zero-order valence-electron chi connectivity index (χ0n) is 4.99. The van der Waals surface area contributed by atoms with Crippen LogP contribution in [0, 0.1) is 9.39 Å². The van der Waals surface area contributed by atoms with Crippen LogP contribution >= 0.6 is 22.6 Å². The molecule has 0 saturated carbocycles. The molecule has 0 unspecified atom stereocenters. The van der Waals surface area contributed by atoms with E-state index in [-0.39, 0.29) is 5.82 Å². The number of hydrogen-bond acceptors (Lipinski definition) is 0. The average molecular weight is 252 g/mol. The summed E-state index contributed by atoms with van der Waals surface area (Å²) in [5.74, 6) is -0.116. The van der Waals surface area contributed by atoms with Gasteiger partial charge in [0, 0.05) is 13.8 Å². The van der Waals surface area contributed by atoms with E-state index in [1.54, 1.807) is 0 Å². The van der Waals surface area contributed by atoms with Crippen LogP contribution in [-0.2, 0) is 0 Å². The summed E-state index contributed by atoms with van der Waals surface area (Å²) in [6.07, 6.45) is 0. The Bertz CT molecular complexity index is 224. The van der Waals surface area contributed by atoms with Crippen molar-refractivity contribution in [1.29, 1.82) is 0 Å². The van der Waals surface area contributed by atoms with Gasteiger partial charge < -0.3 is 0 Å². The molecule has 3 heteroatoms. The molecule has 0 N–H and O–H groups in total. The quantitative estimate of drug-likeness (QED) is 0.464. The summed E-state index contributed by atoms with van der Waals surface area (Å²) in [4.78, 5) is 0. The predicted octanol–water partition coefficient (Wildman–Crippen LogP) is 0.421. The van der Waals surface area contributed by atoms with E-state index in [9.17, 15) is 4.39 Å². The summed E-state index contributed by atoms with van der Waals surface area (Å²) in [5.41, 5.74) is 0. The molecule has 0 amide bonds. The average Bonchev–Trinajstić information content (AvgIpc) is 1.80. The Labute approximate surface area is 70.0 Å². The fourth-order valence-electron chi connectivity index (χ4n) is 0.601. The minimum atomic E-state index is -0.116. The van der Waals surface area contributed by atoms with Gasteiger partial charge in [-0.05, 0) is 34.7 Å². The minimum Gasteiger partial charge on any atom is -0.206 e. The molecule has 1 aromatic rings. The lowest BCUT2D eigenvalue weighted by Gasteiger charge is -1.93. The fourth-order valence-corrected chi connectivity index (χ4v) is 2.32. The van der Waals surface area contributed by atoms with Gasteiger partial charge in [-0.3, -0.25) is 0 Å². The van der Waals surface area contributed by atoms with Crippen LogP contribution < -0.4 is 5.19 Å². The van der Waals surface area contributed by atoms with E-state index in [0.29, 0.717) is 0 Å². The first-order valence-corrected chi connectivity index (χ1v) is 4.69. The molecule has 0 aliphatic carbocycles. The summed E-state index contributed by atoms with van der Waals surface area (Å²) < 4.78 is 13.2. The maximum absolute atomic E-state index is 12.5. The SMILES string of the molecule is Fc1ccc([SiH3])cc1I. The summed E-state index contributed by atoms with van der Waals surface area (Å²) >= 11 is 2.00. The van der Waals surface area contributed by atoms with E-state index < -0.39 is 0 Å². The third-order valence-corrected chi connectivity index (χ3v) is 2.52. The number of halogens is 2. The molecule has 48 valence electrons. The lowest BCUT2D eigenvalue weighted by Crippen LogP contribution is -2.02. The van der Waals surface area contributed by atoms with E-state index >= 15 is 0 Å². The molecule has 0 aromatic heterocycles. The first kappa shape index (κ1) is 7.21. The third-order valence-electron chi connectivity index (χ3n) is 1.08. The Morgan fingerprint density at radius 3 is 2.56 bits per heavy atom. The van der Waals surface area contributed by atoms with Crippen LogP contribution in [0.25, 0.3) is 0 Å². The molecule has 0 spiro atoms. The van der Waals surface area contributed by atoms with Crippen molar-refractivity contribution in [2.45, 2.75) is 0 Å². The normalized spacial score (nSPS) is 10.0. The van der Waals surface area contributed by atoms with Gasteiger partial charge in [0.15, 0.2) is 0 Å². The largest absolute Gasteiger partial charge is 0.206 e. The highest BCUT2D eigenvalue weighted by Crippen LogP contribution is 2.06. The van der Waals surface area contributed by atoms with Crippen molar-refractivity contribution in [2.75, 3.05) is 0 Å². The standard InChI is InChI=1S/C6H6FISi/c7-5-2-1-4(9)3-6(5)8/h1-3H,9H3. The molecule has 9 heavy (non-hydrogen) atoms. The van der Waals surface area contributed by atoms with Gasteiger partial charge in [-0.1, -0.05) is 11.3 Å². The molecule has 0 aliphatic heterocycles. The molecule has 0 saturated heterocycles. The van der Waals surface area contributed by atoms with E-state index in [1.165, 1.54) is 11.3 Å². The Hall–Kier alpha value is 0.0969. The lowest BCUT2D eigenvalue weighted by molar-refractivity contribution is 0.621. The van der Waals surface area contributed by atoms with E-state index in [0.717, 1.165) is 13.8 Å². The maximum atomic E-state index is 12.5. The van der Waals surface area contributed by atoms with Crippen molar-refractivity contribution in [1.82, 2.24) is 0 Å². The van der Waals surface area contributed by atoms with Crippen LogP contribution in [0.3, 0.4) is 0 Å². The van der Waals surface area contributed by atoms with Crippen molar-refractivity contribution in [3.8, 4) is 0 Å². The summed E-state index contributed by atoms with van der Waals surface area (Å²) in [7, 11) is 0.999. The molecule has 0 radical (unpaired) electrons. The van der Waals surface area contributed by atoms with Gasteiger partial charge in [0.25, 0.3) is 0 Å². The van der Waals surface area contributed by atoms with Gasteiger partial charge in [0.05, 0.1) is 0 Å². The number of rotatable bonds is 0. The van der Waals surface area contributed by atoms with Crippen LogP contribution in [0.5, 0.6) is 0 Å². The first-order valence-electron chi connectivity index (χ1n) is 2.62. The molecule has 1 rings (SSSR count). The zero-order chi connectivity index (χ0) is 6.85. The molecule has 0 fully saturated rings. The highest BCUT2D eigenvalue weighted by Gasteiger charge is 1.94.